The number of amidine groups is 1. The Labute approximate surface area is 162 Å². The molecule has 0 saturated carbocycles. The quantitative estimate of drug-likeness (QED) is 0.337. The number of piperidine rings is 1. The molecular formula is C22H29N3S. The standard InChI is InChI=1S/C22H29N3S/c1-16-11-13-20(14-12-16)26-24-23-22(25-15-6-5-10-19(25)4)21-17(2)8-7-9-18(21)3/h7-9,11-14,19,24H,5-6,10,15H2,1-4H3/b23-22+. The molecule has 1 fully saturated rings. The van der Waals surface area contributed by atoms with E-state index in [1.807, 2.05) is 0 Å². The van der Waals surface area contributed by atoms with E-state index in [4.69, 9.17) is 5.10 Å². The summed E-state index contributed by atoms with van der Waals surface area (Å²) in [6.45, 7) is 9.86. The summed E-state index contributed by atoms with van der Waals surface area (Å²) in [5.41, 5.74) is 5.10. The first-order chi connectivity index (χ1) is 12.6. The van der Waals surface area contributed by atoms with Crippen LogP contribution in [0.5, 0.6) is 0 Å². The van der Waals surface area contributed by atoms with Gasteiger partial charge in [-0.15, -0.1) is 0 Å². The van der Waals surface area contributed by atoms with Gasteiger partial charge in [0.2, 0.25) is 0 Å². The number of nitrogens with one attached hydrogen (secondary N) is 1. The first-order valence-corrected chi connectivity index (χ1v) is 10.3. The second-order valence-electron chi connectivity index (χ2n) is 7.25. The zero-order valence-corrected chi connectivity index (χ0v) is 17.1. The van der Waals surface area contributed by atoms with Gasteiger partial charge in [0.05, 0.1) is 0 Å². The van der Waals surface area contributed by atoms with Gasteiger partial charge in [0.1, 0.15) is 0 Å². The Morgan fingerprint density at radius 3 is 2.38 bits per heavy atom. The van der Waals surface area contributed by atoms with Crippen molar-refractivity contribution in [2.45, 2.75) is 57.9 Å². The molecule has 1 heterocycles. The first-order valence-electron chi connectivity index (χ1n) is 9.45. The third-order valence-corrected chi connectivity index (χ3v) is 5.81. The van der Waals surface area contributed by atoms with E-state index in [2.05, 4.69) is 79.9 Å². The Morgan fingerprint density at radius 1 is 1.04 bits per heavy atom. The molecule has 0 radical (unpaired) electrons. The zero-order valence-electron chi connectivity index (χ0n) is 16.2. The van der Waals surface area contributed by atoms with Gasteiger partial charge in [0.15, 0.2) is 5.84 Å². The fourth-order valence-electron chi connectivity index (χ4n) is 3.57. The van der Waals surface area contributed by atoms with E-state index < -0.39 is 0 Å². The normalized spacial score (nSPS) is 18.1. The highest BCUT2D eigenvalue weighted by molar-refractivity contribution is 7.97. The van der Waals surface area contributed by atoms with Crippen LogP contribution in [-0.4, -0.2) is 23.3 Å². The molecule has 0 bridgehead atoms. The third kappa shape index (κ3) is 4.42. The lowest BCUT2D eigenvalue weighted by Crippen LogP contribution is -2.43. The van der Waals surface area contributed by atoms with Crippen LogP contribution in [0.3, 0.4) is 0 Å². The summed E-state index contributed by atoms with van der Waals surface area (Å²) in [6, 6.07) is 15.5. The van der Waals surface area contributed by atoms with E-state index in [9.17, 15) is 0 Å². The van der Waals surface area contributed by atoms with Crippen molar-refractivity contribution >= 4 is 17.8 Å². The highest BCUT2D eigenvalue weighted by Crippen LogP contribution is 2.24. The van der Waals surface area contributed by atoms with Crippen LogP contribution in [0.4, 0.5) is 0 Å². The average Bonchev–Trinajstić information content (AvgIpc) is 2.62. The van der Waals surface area contributed by atoms with E-state index in [0.717, 1.165) is 12.4 Å². The number of nitrogens with zero attached hydrogens (tertiary/aromatic N) is 2. The van der Waals surface area contributed by atoms with Crippen molar-refractivity contribution in [1.82, 2.24) is 9.73 Å². The third-order valence-electron chi connectivity index (χ3n) is 5.12. The minimum Gasteiger partial charge on any atom is -0.352 e. The highest BCUT2D eigenvalue weighted by atomic mass is 32.2. The minimum atomic E-state index is 0.521. The maximum absolute atomic E-state index is 4.86. The average molecular weight is 368 g/mol. The summed E-state index contributed by atoms with van der Waals surface area (Å²) in [6.07, 6.45) is 3.78. The second kappa shape index (κ2) is 8.63. The molecule has 0 aromatic heterocycles. The molecule has 1 atom stereocenters. The van der Waals surface area contributed by atoms with Crippen molar-refractivity contribution in [2.75, 3.05) is 6.54 Å². The summed E-state index contributed by atoms with van der Waals surface area (Å²) in [7, 11) is 0. The number of hydrazone groups is 1. The van der Waals surface area contributed by atoms with Crippen molar-refractivity contribution in [3.8, 4) is 0 Å². The molecule has 1 saturated heterocycles. The van der Waals surface area contributed by atoms with E-state index in [-0.39, 0.29) is 0 Å². The molecule has 2 aromatic rings. The molecule has 1 N–H and O–H groups in total. The van der Waals surface area contributed by atoms with E-state index in [0.29, 0.717) is 6.04 Å². The van der Waals surface area contributed by atoms with Gasteiger partial charge in [0.25, 0.3) is 0 Å². The van der Waals surface area contributed by atoms with Crippen molar-refractivity contribution in [3.63, 3.8) is 0 Å². The van der Waals surface area contributed by atoms with Gasteiger partial charge in [-0.05, 0) is 70.2 Å². The van der Waals surface area contributed by atoms with E-state index >= 15 is 0 Å². The molecule has 1 aliphatic rings. The molecule has 3 rings (SSSR count). The molecule has 26 heavy (non-hydrogen) atoms. The lowest BCUT2D eigenvalue weighted by atomic mass is 9.97. The zero-order chi connectivity index (χ0) is 18.5. The van der Waals surface area contributed by atoms with Gasteiger partial charge in [-0.25, -0.2) is 4.83 Å². The largest absolute Gasteiger partial charge is 0.352 e. The number of likely N-dealkylation sites (tertiary alicyclic amines) is 1. The molecule has 0 aliphatic carbocycles. The topological polar surface area (TPSA) is 27.6 Å². The van der Waals surface area contributed by atoms with Crippen molar-refractivity contribution < 1.29 is 0 Å². The number of rotatable bonds is 4. The summed E-state index contributed by atoms with van der Waals surface area (Å²) < 4.78 is 0. The fourth-order valence-corrected chi connectivity index (χ4v) is 4.08. The SMILES string of the molecule is Cc1ccc(SN/N=C(\c2c(C)cccc2C)N2CCCCC2C)cc1. The lowest BCUT2D eigenvalue weighted by molar-refractivity contribution is 0.258. The number of hydrogen-bond donors (Lipinski definition) is 1. The molecule has 0 spiro atoms. The van der Waals surface area contributed by atoms with Crippen LogP contribution in [0.1, 0.15) is 48.4 Å². The van der Waals surface area contributed by atoms with Crippen LogP contribution in [0.15, 0.2) is 52.5 Å². The van der Waals surface area contributed by atoms with E-state index in [1.165, 1.54) is 46.4 Å². The summed E-state index contributed by atoms with van der Waals surface area (Å²) in [4.78, 5) is 6.90. The van der Waals surface area contributed by atoms with Crippen LogP contribution in [-0.2, 0) is 0 Å². The molecule has 0 amide bonds. The highest BCUT2D eigenvalue weighted by Gasteiger charge is 2.25. The molecule has 138 valence electrons. The van der Waals surface area contributed by atoms with Crippen molar-refractivity contribution in [2.24, 2.45) is 5.10 Å². The first kappa shape index (κ1) is 18.8. The molecular weight excluding hydrogens is 338 g/mol. The monoisotopic (exact) mass is 367 g/mol. The molecule has 3 nitrogen and oxygen atoms in total. The maximum atomic E-state index is 4.86. The van der Waals surface area contributed by atoms with Gasteiger partial charge in [-0.2, -0.15) is 5.10 Å². The number of benzene rings is 2. The Morgan fingerprint density at radius 2 is 1.73 bits per heavy atom. The van der Waals surface area contributed by atoms with Crippen LogP contribution < -0.4 is 4.83 Å². The minimum absolute atomic E-state index is 0.521. The van der Waals surface area contributed by atoms with Crippen molar-refractivity contribution in [3.05, 3.63) is 64.7 Å². The van der Waals surface area contributed by atoms with Gasteiger partial charge in [-0.1, -0.05) is 35.9 Å². The number of aryl methyl sites for hydroxylation is 3. The molecule has 1 aliphatic heterocycles. The maximum Gasteiger partial charge on any atom is 0.157 e. The van der Waals surface area contributed by atoms with Gasteiger partial charge in [0, 0.05) is 35.0 Å². The smallest absolute Gasteiger partial charge is 0.157 e. The predicted octanol–water partition coefficient (Wildman–Crippen LogP) is 5.44. The summed E-state index contributed by atoms with van der Waals surface area (Å²) >= 11 is 1.56. The van der Waals surface area contributed by atoms with Gasteiger partial charge in [-0.3, -0.25) is 0 Å². The Hall–Kier alpha value is -1.94. The lowest BCUT2D eigenvalue weighted by Gasteiger charge is -2.36. The van der Waals surface area contributed by atoms with Crippen LogP contribution in [0, 0.1) is 20.8 Å². The van der Waals surface area contributed by atoms with Gasteiger partial charge < -0.3 is 4.90 Å². The Balaban J connectivity index is 1.88. The van der Waals surface area contributed by atoms with Gasteiger partial charge >= 0.3 is 0 Å². The predicted molar refractivity (Wildman–Crippen MR) is 113 cm³/mol. The molecule has 2 aromatic carbocycles. The van der Waals surface area contributed by atoms with Crippen LogP contribution >= 0.6 is 11.9 Å². The fraction of sp³-hybridized carbons (Fsp3) is 0.409. The number of hydrogen-bond acceptors (Lipinski definition) is 3. The Bertz CT molecular complexity index is 747. The molecule has 1 unspecified atom stereocenters. The molecule has 4 heteroatoms. The summed E-state index contributed by atoms with van der Waals surface area (Å²) in [5, 5.41) is 4.86. The van der Waals surface area contributed by atoms with Crippen molar-refractivity contribution in [1.29, 1.82) is 0 Å². The Kier molecular flexibility index (Phi) is 6.25. The van der Waals surface area contributed by atoms with Crippen LogP contribution in [0.25, 0.3) is 0 Å². The van der Waals surface area contributed by atoms with E-state index in [1.54, 1.807) is 11.9 Å². The second-order valence-corrected chi connectivity index (χ2v) is 8.10. The van der Waals surface area contributed by atoms with Crippen LogP contribution in [0.2, 0.25) is 0 Å². The summed E-state index contributed by atoms with van der Waals surface area (Å²) in [5.74, 6) is 1.08.